The first-order valence-electron chi connectivity index (χ1n) is 11.0. The summed E-state index contributed by atoms with van der Waals surface area (Å²) < 4.78 is 0. The summed E-state index contributed by atoms with van der Waals surface area (Å²) in [6.45, 7) is 4.92. The third-order valence-corrected chi connectivity index (χ3v) is 7.78. The highest BCUT2D eigenvalue weighted by Crippen LogP contribution is 2.54. The first kappa shape index (κ1) is 19.8. The molecule has 1 saturated carbocycles. The number of fused-ring (bicyclic) bond motifs is 4. The van der Waals surface area contributed by atoms with Crippen LogP contribution in [0.15, 0.2) is 48.5 Å². The van der Waals surface area contributed by atoms with Gasteiger partial charge in [0, 0.05) is 36.1 Å². The van der Waals surface area contributed by atoms with Crippen LogP contribution >= 0.6 is 11.6 Å². The average Bonchev–Trinajstić information content (AvgIpc) is 2.72. The molecule has 4 heteroatoms. The summed E-state index contributed by atoms with van der Waals surface area (Å²) >= 11 is 6.34. The number of halogens is 1. The number of ketones is 2. The fourth-order valence-electron chi connectivity index (χ4n) is 6.09. The second kappa shape index (κ2) is 6.95. The van der Waals surface area contributed by atoms with Crippen molar-refractivity contribution in [3.63, 3.8) is 0 Å². The third kappa shape index (κ3) is 3.01. The number of benzene rings is 2. The van der Waals surface area contributed by atoms with Gasteiger partial charge in [0.2, 0.25) is 0 Å². The number of rotatable bonds is 1. The molecule has 0 radical (unpaired) electrons. The van der Waals surface area contributed by atoms with Crippen LogP contribution in [0.5, 0.6) is 0 Å². The number of carbonyl (C=O) groups is 2. The number of carbonyl (C=O) groups excluding carboxylic acids is 2. The Labute approximate surface area is 183 Å². The van der Waals surface area contributed by atoms with Crippen LogP contribution in [0.2, 0.25) is 5.02 Å². The molecule has 2 heterocycles. The van der Waals surface area contributed by atoms with Gasteiger partial charge in [-0.1, -0.05) is 61.8 Å². The molecule has 2 aliphatic heterocycles. The number of hydrogen-bond donors (Lipinski definition) is 0. The zero-order valence-electron chi connectivity index (χ0n) is 17.7. The Morgan fingerprint density at radius 2 is 1.67 bits per heavy atom. The van der Waals surface area contributed by atoms with Crippen LogP contribution in [-0.2, 0) is 16.0 Å². The van der Waals surface area contributed by atoms with E-state index in [-0.39, 0.29) is 23.0 Å². The molecule has 0 aromatic heterocycles. The van der Waals surface area contributed by atoms with Gasteiger partial charge < -0.3 is 4.90 Å². The summed E-state index contributed by atoms with van der Waals surface area (Å²) in [5, 5.41) is 0.705. The van der Waals surface area contributed by atoms with Crippen LogP contribution in [0, 0.1) is 10.8 Å². The molecule has 2 atom stereocenters. The van der Waals surface area contributed by atoms with Crippen molar-refractivity contribution in [1.82, 2.24) is 0 Å². The van der Waals surface area contributed by atoms with Gasteiger partial charge in [0.25, 0.3) is 0 Å². The standard InChI is InChI=1S/C26H28ClNO2/c1-25(2)15-23(29)26(24(30)16-25)14-19-8-9-20(27)13-21(19)28-11-10-18(12-22(26)28)17-6-4-3-5-7-17/h3-9,13,18,22H,10-12,14-16H2,1-2H3/t18-,22-/m1/s1. The number of Topliss-reactive ketones (excluding diaryl/α,β-unsaturated/α-hetero) is 2. The van der Waals surface area contributed by atoms with E-state index in [0.717, 1.165) is 30.6 Å². The lowest BCUT2D eigenvalue weighted by atomic mass is 9.55. The fraction of sp³-hybridized carbons (Fsp3) is 0.462. The lowest BCUT2D eigenvalue weighted by Gasteiger charge is -2.56. The summed E-state index contributed by atoms with van der Waals surface area (Å²) in [5.41, 5.74) is 2.31. The molecule has 1 saturated heterocycles. The summed E-state index contributed by atoms with van der Waals surface area (Å²) in [6, 6.07) is 16.4. The van der Waals surface area contributed by atoms with Crippen molar-refractivity contribution in [1.29, 1.82) is 0 Å². The first-order valence-corrected chi connectivity index (χ1v) is 11.3. The summed E-state index contributed by atoms with van der Waals surface area (Å²) in [5.74, 6) is 0.627. The van der Waals surface area contributed by atoms with Gasteiger partial charge in [-0.25, -0.2) is 0 Å². The SMILES string of the molecule is CC1(C)CC(=O)C2(Cc3ccc(Cl)cc3N3CC[C@@H](c4ccccc4)C[C@@H]32)C(=O)C1. The quantitative estimate of drug-likeness (QED) is 0.563. The molecule has 1 spiro atoms. The molecular formula is C26H28ClNO2. The Morgan fingerprint density at radius 3 is 2.37 bits per heavy atom. The molecule has 5 rings (SSSR count). The Bertz CT molecular complexity index is 993. The molecule has 3 aliphatic rings. The number of nitrogens with zero attached hydrogens (tertiary/aromatic N) is 1. The molecular weight excluding hydrogens is 394 g/mol. The maximum Gasteiger partial charge on any atom is 0.149 e. The Balaban J connectivity index is 1.62. The Morgan fingerprint density at radius 1 is 0.967 bits per heavy atom. The molecule has 1 aliphatic carbocycles. The van der Waals surface area contributed by atoms with Gasteiger partial charge in [-0.3, -0.25) is 9.59 Å². The molecule has 0 N–H and O–H groups in total. The largest absolute Gasteiger partial charge is 0.367 e. The van der Waals surface area contributed by atoms with Gasteiger partial charge in [0.15, 0.2) is 0 Å². The number of anilines is 1. The molecule has 2 fully saturated rings. The third-order valence-electron chi connectivity index (χ3n) is 7.54. The maximum absolute atomic E-state index is 13.7. The maximum atomic E-state index is 13.7. The van der Waals surface area contributed by atoms with Crippen molar-refractivity contribution < 1.29 is 9.59 Å². The normalized spacial score (nSPS) is 27.0. The van der Waals surface area contributed by atoms with Crippen LogP contribution in [0.25, 0.3) is 0 Å². The molecule has 0 unspecified atom stereocenters. The van der Waals surface area contributed by atoms with E-state index in [4.69, 9.17) is 11.6 Å². The van der Waals surface area contributed by atoms with Gasteiger partial charge in [-0.2, -0.15) is 0 Å². The van der Waals surface area contributed by atoms with E-state index in [1.807, 2.05) is 38.1 Å². The molecule has 156 valence electrons. The van der Waals surface area contributed by atoms with Crippen molar-refractivity contribution in [3.05, 3.63) is 64.7 Å². The van der Waals surface area contributed by atoms with E-state index in [0.29, 0.717) is 30.2 Å². The zero-order valence-corrected chi connectivity index (χ0v) is 18.4. The lowest BCUT2D eigenvalue weighted by Crippen LogP contribution is -2.65. The van der Waals surface area contributed by atoms with E-state index in [1.54, 1.807) is 0 Å². The highest BCUT2D eigenvalue weighted by atomic mass is 35.5. The first-order chi connectivity index (χ1) is 14.3. The van der Waals surface area contributed by atoms with Crippen LogP contribution in [-0.4, -0.2) is 24.2 Å². The monoisotopic (exact) mass is 421 g/mol. The van der Waals surface area contributed by atoms with Crippen LogP contribution in [0.1, 0.15) is 56.6 Å². The minimum atomic E-state index is -0.927. The minimum absolute atomic E-state index is 0.0986. The predicted molar refractivity (Wildman–Crippen MR) is 120 cm³/mol. The fourth-order valence-corrected chi connectivity index (χ4v) is 6.26. The summed E-state index contributed by atoms with van der Waals surface area (Å²) in [7, 11) is 0. The van der Waals surface area contributed by atoms with Gasteiger partial charge in [0.1, 0.15) is 17.0 Å². The van der Waals surface area contributed by atoms with E-state index < -0.39 is 5.41 Å². The van der Waals surface area contributed by atoms with Crippen molar-refractivity contribution in [2.75, 3.05) is 11.4 Å². The lowest BCUT2D eigenvalue weighted by molar-refractivity contribution is -0.151. The summed E-state index contributed by atoms with van der Waals surface area (Å²) in [6.07, 6.45) is 3.30. The average molecular weight is 422 g/mol. The Hall–Kier alpha value is -2.13. The topological polar surface area (TPSA) is 37.4 Å². The molecule has 2 aromatic carbocycles. The Kier molecular flexibility index (Phi) is 4.59. The second-order valence-corrected chi connectivity index (χ2v) is 10.6. The molecule has 2 aromatic rings. The van der Waals surface area contributed by atoms with Crippen LogP contribution < -0.4 is 4.90 Å². The molecule has 0 bridgehead atoms. The van der Waals surface area contributed by atoms with Gasteiger partial charge in [0.05, 0.1) is 0 Å². The van der Waals surface area contributed by atoms with Crippen LogP contribution in [0.4, 0.5) is 5.69 Å². The van der Waals surface area contributed by atoms with Crippen molar-refractivity contribution >= 4 is 28.9 Å². The van der Waals surface area contributed by atoms with E-state index >= 15 is 0 Å². The second-order valence-electron chi connectivity index (χ2n) is 10.1. The highest BCUT2D eigenvalue weighted by molar-refractivity contribution is 6.31. The zero-order chi connectivity index (χ0) is 21.1. The van der Waals surface area contributed by atoms with E-state index in [1.165, 1.54) is 5.56 Å². The molecule has 0 amide bonds. The van der Waals surface area contributed by atoms with Gasteiger partial charge >= 0.3 is 0 Å². The molecule has 3 nitrogen and oxygen atoms in total. The highest BCUT2D eigenvalue weighted by Gasteiger charge is 2.60. The van der Waals surface area contributed by atoms with Crippen LogP contribution in [0.3, 0.4) is 0 Å². The smallest absolute Gasteiger partial charge is 0.149 e. The van der Waals surface area contributed by atoms with Crippen molar-refractivity contribution in [2.45, 2.75) is 57.9 Å². The predicted octanol–water partition coefficient (Wildman–Crippen LogP) is 5.59. The van der Waals surface area contributed by atoms with Gasteiger partial charge in [-0.15, -0.1) is 0 Å². The number of piperidine rings is 1. The van der Waals surface area contributed by atoms with Crippen molar-refractivity contribution in [3.8, 4) is 0 Å². The minimum Gasteiger partial charge on any atom is -0.367 e. The summed E-state index contributed by atoms with van der Waals surface area (Å²) in [4.78, 5) is 29.7. The van der Waals surface area contributed by atoms with E-state index in [9.17, 15) is 9.59 Å². The molecule has 30 heavy (non-hydrogen) atoms. The van der Waals surface area contributed by atoms with Crippen molar-refractivity contribution in [2.24, 2.45) is 10.8 Å². The van der Waals surface area contributed by atoms with Gasteiger partial charge in [-0.05, 0) is 53.9 Å². The number of hydrogen-bond acceptors (Lipinski definition) is 3. The van der Waals surface area contributed by atoms with E-state index in [2.05, 4.69) is 29.2 Å².